The van der Waals surface area contributed by atoms with E-state index in [-0.39, 0.29) is 0 Å². The topological polar surface area (TPSA) is 63.3 Å². The highest BCUT2D eigenvalue weighted by molar-refractivity contribution is 5.87. The van der Waals surface area contributed by atoms with Gasteiger partial charge in [-0.05, 0) is 26.1 Å². The summed E-state index contributed by atoms with van der Waals surface area (Å²) in [5, 5.41) is 8.48. The monoisotopic (exact) mass is 167 g/mol. The second-order valence-electron chi connectivity index (χ2n) is 2.17. The van der Waals surface area contributed by atoms with E-state index in [9.17, 15) is 4.79 Å². The van der Waals surface area contributed by atoms with E-state index in [0.717, 1.165) is 5.56 Å². The van der Waals surface area contributed by atoms with Crippen molar-refractivity contribution < 1.29 is 9.90 Å². The van der Waals surface area contributed by atoms with Crippen molar-refractivity contribution in [2.24, 2.45) is 5.73 Å². The molecule has 0 bridgehead atoms. The van der Waals surface area contributed by atoms with E-state index in [2.05, 4.69) is 5.73 Å². The zero-order valence-electron chi connectivity index (χ0n) is 7.24. The van der Waals surface area contributed by atoms with Gasteiger partial charge in [-0.25, -0.2) is 4.79 Å². The third-order valence-corrected chi connectivity index (χ3v) is 1.30. The summed E-state index contributed by atoms with van der Waals surface area (Å²) in [7, 11) is 1.50. The molecule has 0 spiro atoms. The van der Waals surface area contributed by atoms with Gasteiger partial charge in [0.25, 0.3) is 0 Å². The van der Waals surface area contributed by atoms with Gasteiger partial charge in [0.1, 0.15) is 0 Å². The predicted molar refractivity (Wildman–Crippen MR) is 48.2 cm³/mol. The van der Waals surface area contributed by atoms with Crippen molar-refractivity contribution in [2.75, 3.05) is 7.05 Å². The molecular weight excluding hydrogens is 154 g/mol. The Morgan fingerprint density at radius 1 is 1.25 bits per heavy atom. The van der Waals surface area contributed by atoms with Gasteiger partial charge in [-0.3, -0.25) is 0 Å². The molecule has 0 fully saturated rings. The molecular formula is C9H13NO2. The first-order valence-electron chi connectivity index (χ1n) is 3.58. The number of carboxylic acid groups (broad SMARTS) is 1. The highest BCUT2D eigenvalue weighted by atomic mass is 16.4. The highest BCUT2D eigenvalue weighted by Crippen LogP contribution is 2.01. The maximum atomic E-state index is 10.3. The highest BCUT2D eigenvalue weighted by Gasteiger charge is 1.98. The summed E-state index contributed by atoms with van der Waals surface area (Å²) in [6.45, 7) is 1.92. The van der Waals surface area contributed by atoms with Crippen molar-refractivity contribution in [3.63, 3.8) is 0 Å². The number of benzene rings is 1. The first-order chi connectivity index (χ1) is 5.70. The summed E-state index contributed by atoms with van der Waals surface area (Å²) >= 11 is 0. The fraction of sp³-hybridized carbons (Fsp3) is 0.222. The van der Waals surface area contributed by atoms with Crippen LogP contribution >= 0.6 is 0 Å². The molecule has 0 saturated carbocycles. The summed E-state index contributed by atoms with van der Waals surface area (Å²) in [5.74, 6) is -0.875. The lowest BCUT2D eigenvalue weighted by atomic mass is 10.2. The molecule has 0 unspecified atom stereocenters. The van der Waals surface area contributed by atoms with Gasteiger partial charge in [0, 0.05) is 0 Å². The van der Waals surface area contributed by atoms with Crippen LogP contribution in [0.15, 0.2) is 24.3 Å². The van der Waals surface area contributed by atoms with Crippen molar-refractivity contribution in [2.45, 2.75) is 6.92 Å². The minimum absolute atomic E-state index is 0.339. The van der Waals surface area contributed by atoms with Crippen LogP contribution in [0.4, 0.5) is 0 Å². The zero-order chi connectivity index (χ0) is 9.56. The number of nitrogens with two attached hydrogens (primary N) is 1. The Hall–Kier alpha value is -1.35. The van der Waals surface area contributed by atoms with Gasteiger partial charge in [-0.1, -0.05) is 17.7 Å². The van der Waals surface area contributed by atoms with Crippen LogP contribution < -0.4 is 5.73 Å². The van der Waals surface area contributed by atoms with Crippen LogP contribution in [0.3, 0.4) is 0 Å². The van der Waals surface area contributed by atoms with Gasteiger partial charge in [0.05, 0.1) is 5.56 Å². The average molecular weight is 167 g/mol. The molecule has 12 heavy (non-hydrogen) atoms. The Morgan fingerprint density at radius 3 is 2.00 bits per heavy atom. The summed E-state index contributed by atoms with van der Waals surface area (Å²) in [6.07, 6.45) is 0. The molecule has 1 aromatic rings. The Balaban J connectivity index is 0.000000561. The van der Waals surface area contributed by atoms with Crippen molar-refractivity contribution in [3.05, 3.63) is 35.4 Å². The van der Waals surface area contributed by atoms with E-state index in [1.54, 1.807) is 24.3 Å². The molecule has 0 atom stereocenters. The first kappa shape index (κ1) is 10.7. The normalized spacial score (nSPS) is 8.25. The number of rotatable bonds is 1. The molecule has 0 radical (unpaired) electrons. The maximum absolute atomic E-state index is 10.3. The van der Waals surface area contributed by atoms with Crippen LogP contribution in [0, 0.1) is 6.92 Å². The molecule has 3 heteroatoms. The van der Waals surface area contributed by atoms with Gasteiger partial charge in [-0.15, -0.1) is 0 Å². The lowest BCUT2D eigenvalue weighted by Crippen LogP contribution is -1.94. The molecule has 3 N–H and O–H groups in total. The molecule has 0 aromatic heterocycles. The smallest absolute Gasteiger partial charge is 0.335 e. The first-order valence-corrected chi connectivity index (χ1v) is 3.58. The molecule has 1 aromatic carbocycles. The maximum Gasteiger partial charge on any atom is 0.335 e. The number of aryl methyl sites for hydroxylation is 1. The SMILES string of the molecule is CN.Cc1ccc(C(=O)O)cc1. The van der Waals surface area contributed by atoms with E-state index in [1.165, 1.54) is 7.05 Å². The van der Waals surface area contributed by atoms with Crippen LogP contribution in [0.25, 0.3) is 0 Å². The number of hydrogen-bond acceptors (Lipinski definition) is 2. The lowest BCUT2D eigenvalue weighted by molar-refractivity contribution is 0.0697. The van der Waals surface area contributed by atoms with E-state index < -0.39 is 5.97 Å². The standard InChI is InChI=1S/C8H8O2.CH5N/c1-6-2-4-7(5-3-6)8(9)10;1-2/h2-5H,1H3,(H,9,10);2H2,1H3. The Kier molecular flexibility index (Phi) is 4.72. The fourth-order valence-corrected chi connectivity index (χ4v) is 0.696. The van der Waals surface area contributed by atoms with Crippen LogP contribution in [0.1, 0.15) is 15.9 Å². The lowest BCUT2D eigenvalue weighted by Gasteiger charge is -1.92. The van der Waals surface area contributed by atoms with Crippen LogP contribution in [0.2, 0.25) is 0 Å². The van der Waals surface area contributed by atoms with E-state index >= 15 is 0 Å². The molecule has 1 rings (SSSR count). The Labute approximate surface area is 71.8 Å². The molecule has 3 nitrogen and oxygen atoms in total. The van der Waals surface area contributed by atoms with Gasteiger partial charge in [0.2, 0.25) is 0 Å². The second-order valence-corrected chi connectivity index (χ2v) is 2.17. The Bertz CT molecular complexity index is 241. The van der Waals surface area contributed by atoms with Crippen LogP contribution in [0.5, 0.6) is 0 Å². The number of carboxylic acids is 1. The molecule has 66 valence electrons. The fourth-order valence-electron chi connectivity index (χ4n) is 0.696. The molecule has 0 heterocycles. The van der Waals surface area contributed by atoms with Gasteiger partial charge in [-0.2, -0.15) is 0 Å². The van der Waals surface area contributed by atoms with Crippen molar-refractivity contribution >= 4 is 5.97 Å². The summed E-state index contributed by atoms with van der Waals surface area (Å²) in [6, 6.07) is 6.75. The third-order valence-electron chi connectivity index (χ3n) is 1.30. The van der Waals surface area contributed by atoms with Gasteiger partial charge >= 0.3 is 5.97 Å². The van der Waals surface area contributed by atoms with E-state index in [4.69, 9.17) is 5.11 Å². The van der Waals surface area contributed by atoms with Crippen molar-refractivity contribution in [3.8, 4) is 0 Å². The van der Waals surface area contributed by atoms with Gasteiger partial charge in [0.15, 0.2) is 0 Å². The summed E-state index contributed by atoms with van der Waals surface area (Å²) in [5.41, 5.74) is 5.91. The number of carbonyl (C=O) groups is 1. The van der Waals surface area contributed by atoms with E-state index in [0.29, 0.717) is 5.56 Å². The third kappa shape index (κ3) is 3.16. The van der Waals surface area contributed by atoms with E-state index in [1.807, 2.05) is 6.92 Å². The number of hydrogen-bond donors (Lipinski definition) is 2. The zero-order valence-corrected chi connectivity index (χ0v) is 7.24. The molecule has 0 saturated heterocycles. The molecule has 0 amide bonds. The molecule has 0 aliphatic rings. The minimum atomic E-state index is -0.875. The van der Waals surface area contributed by atoms with Crippen LogP contribution in [-0.4, -0.2) is 18.1 Å². The Morgan fingerprint density at radius 2 is 1.67 bits per heavy atom. The second kappa shape index (κ2) is 5.32. The predicted octanol–water partition coefficient (Wildman–Crippen LogP) is 1.27. The van der Waals surface area contributed by atoms with Crippen molar-refractivity contribution in [1.29, 1.82) is 0 Å². The quantitative estimate of drug-likeness (QED) is 0.662. The largest absolute Gasteiger partial charge is 0.478 e. The number of aromatic carboxylic acids is 1. The van der Waals surface area contributed by atoms with Gasteiger partial charge < -0.3 is 10.8 Å². The summed E-state index contributed by atoms with van der Waals surface area (Å²) in [4.78, 5) is 10.3. The molecule has 0 aliphatic heterocycles. The minimum Gasteiger partial charge on any atom is -0.478 e. The summed E-state index contributed by atoms with van der Waals surface area (Å²) < 4.78 is 0. The van der Waals surface area contributed by atoms with Crippen molar-refractivity contribution in [1.82, 2.24) is 0 Å². The average Bonchev–Trinajstić information content (AvgIpc) is 2.09. The van der Waals surface area contributed by atoms with Crippen LogP contribution in [-0.2, 0) is 0 Å². The molecule has 0 aliphatic carbocycles.